The van der Waals surface area contributed by atoms with Crippen molar-refractivity contribution in [3.63, 3.8) is 0 Å². The van der Waals surface area contributed by atoms with Gasteiger partial charge in [0.15, 0.2) is 5.78 Å². The van der Waals surface area contributed by atoms with E-state index in [4.69, 9.17) is 4.18 Å². The Kier molecular flexibility index (Phi) is 9.57. The number of Topliss-reactive ketones (excluding diaryl/α,β-unsaturated/α-hetero) is 1. The van der Waals surface area contributed by atoms with Gasteiger partial charge in [-0.3, -0.25) is 8.98 Å². The number of hydrogen-bond donors (Lipinski definition) is 1. The van der Waals surface area contributed by atoms with Crippen LogP contribution in [0.25, 0.3) is 0 Å². The lowest BCUT2D eigenvalue weighted by Crippen LogP contribution is -2.10. The number of carbonyl (C=O) groups excluding carboxylic acids is 1. The molecule has 0 aliphatic heterocycles. The van der Waals surface area contributed by atoms with Gasteiger partial charge in [0, 0.05) is 6.54 Å². The summed E-state index contributed by atoms with van der Waals surface area (Å²) in [4.78, 5) is 10.6. The van der Waals surface area contributed by atoms with Gasteiger partial charge in [-0.25, -0.2) is 4.72 Å². The summed E-state index contributed by atoms with van der Waals surface area (Å²) in [5.41, 5.74) is 1.22. The molecule has 0 spiro atoms. The summed E-state index contributed by atoms with van der Waals surface area (Å²) in [6.07, 6.45) is 7.23. The second kappa shape index (κ2) is 9.96. The predicted molar refractivity (Wildman–Crippen MR) is 65.4 cm³/mol. The van der Waals surface area contributed by atoms with Crippen molar-refractivity contribution in [3.8, 4) is 0 Å². The van der Waals surface area contributed by atoms with Gasteiger partial charge in [0.1, 0.15) is 6.61 Å². The molecular weight excluding hydrogens is 210 g/mol. The summed E-state index contributed by atoms with van der Waals surface area (Å²) in [6.45, 7) is 6.48. The van der Waals surface area contributed by atoms with Crippen LogP contribution in [0.2, 0.25) is 0 Å². The average molecular weight is 229 g/mol. The Morgan fingerprint density at radius 2 is 2.27 bits per heavy atom. The molecule has 0 unspecified atom stereocenters. The normalized spacial score (nSPS) is 12.3. The Morgan fingerprint density at radius 3 is 2.80 bits per heavy atom. The molecule has 0 aromatic carbocycles. The zero-order chi connectivity index (χ0) is 11.5. The third-order valence-electron chi connectivity index (χ3n) is 1.50. The minimum atomic E-state index is 0.0297. The van der Waals surface area contributed by atoms with E-state index in [0.29, 0.717) is 0 Å². The molecule has 0 atom stereocenters. The Labute approximate surface area is 96.3 Å². The highest BCUT2D eigenvalue weighted by Gasteiger charge is 1.95. The van der Waals surface area contributed by atoms with Crippen LogP contribution in [0.4, 0.5) is 0 Å². The molecule has 86 valence electrons. The molecule has 1 N–H and O–H groups in total. The topological polar surface area (TPSA) is 38.3 Å². The van der Waals surface area contributed by atoms with Gasteiger partial charge in [-0.05, 0) is 25.8 Å². The monoisotopic (exact) mass is 229 g/mol. The van der Waals surface area contributed by atoms with Gasteiger partial charge in [-0.2, -0.15) is 0 Å². The number of nitrogens with one attached hydrogen (secondary N) is 1. The molecule has 0 aliphatic rings. The van der Waals surface area contributed by atoms with Gasteiger partial charge >= 0.3 is 0 Å². The Hall–Kier alpha value is -0.580. The highest BCUT2D eigenvalue weighted by molar-refractivity contribution is 7.92. The summed E-state index contributed by atoms with van der Waals surface area (Å²) in [5, 5.41) is 0. The van der Waals surface area contributed by atoms with E-state index in [1.807, 2.05) is 13.0 Å². The highest BCUT2D eigenvalue weighted by atomic mass is 32.2. The first-order valence-corrected chi connectivity index (χ1v) is 5.77. The first-order valence-electron chi connectivity index (χ1n) is 5.03. The van der Waals surface area contributed by atoms with E-state index in [1.165, 1.54) is 12.5 Å². The van der Waals surface area contributed by atoms with Gasteiger partial charge in [-0.15, -0.1) is 0 Å². The van der Waals surface area contributed by atoms with Crippen molar-refractivity contribution < 1.29 is 8.98 Å². The van der Waals surface area contributed by atoms with Crippen molar-refractivity contribution in [2.45, 2.75) is 27.2 Å². The standard InChI is InChI=1S/C11H19NO2S/c1-4-6-11(7-5-2)8-12-15-14-9-10(3)13/h4,6-7,12H,5,8-9H2,1-3H3/b6-4-,11-7+. The maximum absolute atomic E-state index is 10.6. The number of rotatable bonds is 8. The first-order chi connectivity index (χ1) is 7.20. The van der Waals surface area contributed by atoms with Gasteiger partial charge in [-0.1, -0.05) is 25.2 Å². The number of carbonyl (C=O) groups is 1. The molecule has 0 fully saturated rings. The van der Waals surface area contributed by atoms with Gasteiger partial charge in [0.2, 0.25) is 0 Å². The maximum Gasteiger partial charge on any atom is 0.156 e. The van der Waals surface area contributed by atoms with Gasteiger partial charge in [0.05, 0.1) is 12.2 Å². The van der Waals surface area contributed by atoms with Crippen LogP contribution in [0.3, 0.4) is 0 Å². The summed E-state index contributed by atoms with van der Waals surface area (Å²) < 4.78 is 8.04. The van der Waals surface area contributed by atoms with E-state index >= 15 is 0 Å². The molecule has 0 bridgehead atoms. The van der Waals surface area contributed by atoms with Crippen LogP contribution in [0.1, 0.15) is 27.2 Å². The molecule has 0 radical (unpaired) electrons. The van der Waals surface area contributed by atoms with Crippen molar-refractivity contribution in [3.05, 3.63) is 23.8 Å². The molecule has 0 amide bonds. The summed E-state index contributed by atoms with van der Waals surface area (Å²) in [6, 6.07) is 0. The van der Waals surface area contributed by atoms with Crippen molar-refractivity contribution in [1.29, 1.82) is 0 Å². The molecule has 4 heteroatoms. The molecule has 3 nitrogen and oxygen atoms in total. The van der Waals surface area contributed by atoms with Crippen LogP contribution < -0.4 is 4.72 Å². The molecule has 0 heterocycles. The lowest BCUT2D eigenvalue weighted by molar-refractivity contribution is -0.118. The van der Waals surface area contributed by atoms with E-state index in [9.17, 15) is 4.79 Å². The van der Waals surface area contributed by atoms with E-state index in [-0.39, 0.29) is 12.4 Å². The van der Waals surface area contributed by atoms with E-state index in [0.717, 1.165) is 25.2 Å². The quantitative estimate of drug-likeness (QED) is 0.300. The minimum Gasteiger partial charge on any atom is -0.297 e. The lowest BCUT2D eigenvalue weighted by Gasteiger charge is -2.03. The molecule has 15 heavy (non-hydrogen) atoms. The number of hydrogen-bond acceptors (Lipinski definition) is 4. The second-order valence-electron chi connectivity index (χ2n) is 3.06. The average Bonchev–Trinajstić information content (AvgIpc) is 2.17. The molecule has 0 rings (SSSR count). The number of ketones is 1. The zero-order valence-electron chi connectivity index (χ0n) is 9.58. The lowest BCUT2D eigenvalue weighted by atomic mass is 10.2. The largest absolute Gasteiger partial charge is 0.297 e. The van der Waals surface area contributed by atoms with Crippen molar-refractivity contribution in [2.24, 2.45) is 0 Å². The van der Waals surface area contributed by atoms with Gasteiger partial charge in [0.25, 0.3) is 0 Å². The van der Waals surface area contributed by atoms with Crippen LogP contribution in [-0.2, 0) is 8.98 Å². The van der Waals surface area contributed by atoms with Crippen molar-refractivity contribution in [1.82, 2.24) is 4.72 Å². The van der Waals surface area contributed by atoms with Crippen LogP contribution in [-0.4, -0.2) is 18.9 Å². The first kappa shape index (κ1) is 14.4. The molecule has 0 aliphatic carbocycles. The fraction of sp³-hybridized carbons (Fsp3) is 0.545. The molecular formula is C11H19NO2S. The molecule has 0 aromatic heterocycles. The molecule has 0 saturated carbocycles. The fourth-order valence-electron chi connectivity index (χ4n) is 0.942. The van der Waals surface area contributed by atoms with Crippen LogP contribution in [0.5, 0.6) is 0 Å². The molecule has 0 saturated heterocycles. The number of allylic oxidation sites excluding steroid dienone is 2. The van der Waals surface area contributed by atoms with Crippen LogP contribution >= 0.6 is 12.2 Å². The summed E-state index contributed by atoms with van der Waals surface area (Å²) in [5.74, 6) is 0.0297. The van der Waals surface area contributed by atoms with E-state index < -0.39 is 0 Å². The predicted octanol–water partition coefficient (Wildman–Crippen LogP) is 2.66. The highest BCUT2D eigenvalue weighted by Crippen LogP contribution is 2.02. The Bertz CT molecular complexity index is 237. The third kappa shape index (κ3) is 9.72. The zero-order valence-corrected chi connectivity index (χ0v) is 10.4. The third-order valence-corrected chi connectivity index (χ3v) is 2.00. The summed E-state index contributed by atoms with van der Waals surface area (Å²) >= 11 is 1.12. The van der Waals surface area contributed by atoms with Crippen molar-refractivity contribution >= 4 is 18.0 Å². The Balaban J connectivity index is 3.63. The minimum absolute atomic E-state index is 0.0297. The smallest absolute Gasteiger partial charge is 0.156 e. The second-order valence-corrected chi connectivity index (χ2v) is 3.75. The van der Waals surface area contributed by atoms with Crippen LogP contribution in [0, 0.1) is 0 Å². The maximum atomic E-state index is 10.6. The van der Waals surface area contributed by atoms with E-state index in [2.05, 4.69) is 23.8 Å². The summed E-state index contributed by atoms with van der Waals surface area (Å²) in [7, 11) is 0. The van der Waals surface area contributed by atoms with Crippen LogP contribution in [0.15, 0.2) is 23.8 Å². The Morgan fingerprint density at radius 1 is 1.53 bits per heavy atom. The van der Waals surface area contributed by atoms with Crippen molar-refractivity contribution in [2.75, 3.05) is 13.2 Å². The van der Waals surface area contributed by atoms with E-state index in [1.54, 1.807) is 0 Å². The van der Waals surface area contributed by atoms with Gasteiger partial charge < -0.3 is 0 Å². The molecule has 0 aromatic rings. The SMILES string of the molecule is C/C=C\C(=C/CC)CNSOCC(C)=O. The fourth-order valence-corrected chi connectivity index (χ4v) is 1.48.